The highest BCUT2D eigenvalue weighted by Gasteiger charge is 2.29. The predicted molar refractivity (Wildman–Crippen MR) is 116 cm³/mol. The number of aromatic amines is 1. The van der Waals surface area contributed by atoms with Gasteiger partial charge in [-0.15, -0.1) is 11.8 Å². The van der Waals surface area contributed by atoms with Crippen LogP contribution in [0.2, 0.25) is 0 Å². The monoisotopic (exact) mass is 444 g/mol. The molecule has 1 aromatic heterocycles. The van der Waals surface area contributed by atoms with Crippen molar-refractivity contribution in [1.29, 1.82) is 0 Å². The summed E-state index contributed by atoms with van der Waals surface area (Å²) in [7, 11) is 0. The summed E-state index contributed by atoms with van der Waals surface area (Å²) in [5.41, 5.74) is 2.23. The summed E-state index contributed by atoms with van der Waals surface area (Å²) in [5, 5.41) is 2.55. The van der Waals surface area contributed by atoms with Crippen molar-refractivity contribution >= 4 is 41.1 Å². The van der Waals surface area contributed by atoms with Crippen molar-refractivity contribution in [1.82, 2.24) is 4.98 Å². The first-order chi connectivity index (χ1) is 14.6. The maximum Gasteiger partial charge on any atom is 0.340 e. The van der Waals surface area contributed by atoms with Gasteiger partial charge in [0.15, 0.2) is 6.10 Å². The van der Waals surface area contributed by atoms with Crippen LogP contribution in [0.5, 0.6) is 0 Å². The lowest BCUT2D eigenvalue weighted by molar-refractivity contribution is -0.115. The molecule has 1 aromatic carbocycles. The number of Topliss-reactive ketones (excluding diaryl/α,β-unsaturated/α-hetero) is 1. The number of benzene rings is 1. The Kier molecular flexibility index (Phi) is 6.54. The highest BCUT2D eigenvalue weighted by atomic mass is 32.2. The number of carbonyl (C=O) groups excluding carboxylic acids is 4. The van der Waals surface area contributed by atoms with Gasteiger partial charge in [-0.3, -0.25) is 9.59 Å². The highest BCUT2D eigenvalue weighted by molar-refractivity contribution is 8.00. The number of aryl methyl sites for hydroxylation is 1. The van der Waals surface area contributed by atoms with Gasteiger partial charge in [0.2, 0.25) is 11.7 Å². The van der Waals surface area contributed by atoms with Crippen LogP contribution < -0.4 is 5.32 Å². The molecule has 0 aliphatic carbocycles. The number of fused-ring (bicyclic) bond motifs is 1. The van der Waals surface area contributed by atoms with Crippen molar-refractivity contribution in [3.63, 3.8) is 0 Å². The first kappa shape index (κ1) is 22.6. The Bertz CT molecular complexity index is 1070. The molecule has 0 saturated carbocycles. The fourth-order valence-electron chi connectivity index (χ4n) is 3.33. The van der Waals surface area contributed by atoms with Crippen LogP contribution >= 0.6 is 11.8 Å². The van der Waals surface area contributed by atoms with Crippen LogP contribution in [0.1, 0.15) is 63.2 Å². The van der Waals surface area contributed by atoms with E-state index in [-0.39, 0.29) is 29.0 Å². The lowest BCUT2D eigenvalue weighted by Crippen LogP contribution is -2.27. The average molecular weight is 445 g/mol. The second-order valence-electron chi connectivity index (χ2n) is 7.22. The van der Waals surface area contributed by atoms with E-state index in [1.165, 1.54) is 24.8 Å². The molecule has 0 radical (unpaired) electrons. The molecule has 1 amide bonds. The van der Waals surface area contributed by atoms with Gasteiger partial charge in [0.05, 0.1) is 34.4 Å². The zero-order chi connectivity index (χ0) is 22.9. The molecule has 0 spiro atoms. The normalized spacial score (nSPS) is 16.2. The largest absolute Gasteiger partial charge is 0.462 e. The van der Waals surface area contributed by atoms with Crippen molar-refractivity contribution in [3.8, 4) is 0 Å². The number of ether oxygens (including phenoxy) is 2. The van der Waals surface area contributed by atoms with E-state index in [9.17, 15) is 19.2 Å². The average Bonchev–Trinajstić information content (AvgIpc) is 3.02. The van der Waals surface area contributed by atoms with Crippen molar-refractivity contribution in [2.45, 2.75) is 50.9 Å². The van der Waals surface area contributed by atoms with Crippen LogP contribution in [0.3, 0.4) is 0 Å². The summed E-state index contributed by atoms with van der Waals surface area (Å²) in [6, 6.07) is 4.87. The number of hydrogen-bond acceptors (Lipinski definition) is 7. The van der Waals surface area contributed by atoms with Crippen LogP contribution in [0.4, 0.5) is 5.69 Å². The Hall–Kier alpha value is -3.07. The molecule has 1 aliphatic rings. The number of amides is 1. The van der Waals surface area contributed by atoms with Crippen LogP contribution in [0.25, 0.3) is 0 Å². The second kappa shape index (κ2) is 8.97. The third kappa shape index (κ3) is 4.51. The van der Waals surface area contributed by atoms with Crippen LogP contribution in [0, 0.1) is 13.8 Å². The number of rotatable bonds is 6. The minimum atomic E-state index is -1.08. The molecule has 0 fully saturated rings. The van der Waals surface area contributed by atoms with Gasteiger partial charge in [0.1, 0.15) is 0 Å². The van der Waals surface area contributed by atoms with E-state index in [0.717, 1.165) is 4.90 Å². The minimum absolute atomic E-state index is 0.137. The predicted octanol–water partition coefficient (Wildman–Crippen LogP) is 3.67. The van der Waals surface area contributed by atoms with E-state index in [2.05, 4.69) is 10.3 Å². The van der Waals surface area contributed by atoms with E-state index < -0.39 is 23.8 Å². The highest BCUT2D eigenvalue weighted by Crippen LogP contribution is 2.36. The van der Waals surface area contributed by atoms with Crippen molar-refractivity contribution in [2.24, 2.45) is 0 Å². The molecular formula is C22H24N2O6S. The molecular weight excluding hydrogens is 420 g/mol. The first-order valence-electron chi connectivity index (χ1n) is 9.87. The summed E-state index contributed by atoms with van der Waals surface area (Å²) in [5.74, 6) is -1.80. The molecule has 164 valence electrons. The Morgan fingerprint density at radius 2 is 1.90 bits per heavy atom. The Morgan fingerprint density at radius 1 is 1.19 bits per heavy atom. The first-order valence-corrected chi connectivity index (χ1v) is 10.7. The Labute approximate surface area is 184 Å². The van der Waals surface area contributed by atoms with Gasteiger partial charge < -0.3 is 19.8 Å². The number of ketones is 1. The van der Waals surface area contributed by atoms with Crippen LogP contribution in [-0.2, 0) is 14.3 Å². The third-order valence-electron chi connectivity index (χ3n) is 4.96. The smallest absolute Gasteiger partial charge is 0.340 e. The topological polar surface area (TPSA) is 115 Å². The fraction of sp³-hybridized carbons (Fsp3) is 0.364. The Balaban J connectivity index is 1.75. The molecule has 3 rings (SSSR count). The molecule has 0 saturated heterocycles. The zero-order valence-corrected chi connectivity index (χ0v) is 18.8. The summed E-state index contributed by atoms with van der Waals surface area (Å²) >= 11 is 1.41. The number of H-pyrrole nitrogens is 1. The maximum atomic E-state index is 12.9. The maximum absolute atomic E-state index is 12.9. The van der Waals surface area contributed by atoms with Gasteiger partial charge in [-0.25, -0.2) is 9.59 Å². The lowest BCUT2D eigenvalue weighted by atomic mass is 10.1. The summed E-state index contributed by atoms with van der Waals surface area (Å²) in [6.07, 6.45) is -1.08. The number of anilines is 1. The summed E-state index contributed by atoms with van der Waals surface area (Å²) in [4.78, 5) is 53.3. The number of carbonyl (C=O) groups is 4. The molecule has 0 bridgehead atoms. The van der Waals surface area contributed by atoms with Gasteiger partial charge in [0.25, 0.3) is 0 Å². The van der Waals surface area contributed by atoms with E-state index in [4.69, 9.17) is 9.47 Å². The number of thioether (sulfide) groups is 1. The molecule has 8 nitrogen and oxygen atoms in total. The van der Waals surface area contributed by atoms with E-state index in [0.29, 0.717) is 22.5 Å². The Morgan fingerprint density at radius 3 is 2.58 bits per heavy atom. The van der Waals surface area contributed by atoms with Gasteiger partial charge in [0, 0.05) is 10.6 Å². The third-order valence-corrected chi connectivity index (χ3v) is 6.14. The number of aromatic nitrogens is 1. The molecule has 2 aromatic rings. The van der Waals surface area contributed by atoms with Gasteiger partial charge in [-0.05, 0) is 58.4 Å². The number of hydrogen-bond donors (Lipinski definition) is 2. The number of nitrogens with one attached hydrogen (secondary N) is 2. The molecule has 2 N–H and O–H groups in total. The lowest BCUT2D eigenvalue weighted by Gasteiger charge is -2.21. The van der Waals surface area contributed by atoms with Gasteiger partial charge in [-0.1, -0.05) is 0 Å². The molecule has 1 aliphatic heterocycles. The van der Waals surface area contributed by atoms with Crippen LogP contribution in [-0.4, -0.2) is 46.6 Å². The molecule has 9 heteroatoms. The van der Waals surface area contributed by atoms with E-state index >= 15 is 0 Å². The van der Waals surface area contributed by atoms with E-state index in [1.54, 1.807) is 39.8 Å². The second-order valence-corrected chi connectivity index (χ2v) is 8.60. The van der Waals surface area contributed by atoms with Crippen molar-refractivity contribution in [3.05, 3.63) is 46.3 Å². The van der Waals surface area contributed by atoms with Gasteiger partial charge >= 0.3 is 11.9 Å². The molecule has 31 heavy (non-hydrogen) atoms. The quantitative estimate of drug-likeness (QED) is 0.516. The SMILES string of the molecule is CCOC(=O)c1c(C)[nH]c(C(=O)C(C)OC(=O)c2ccc3c(c2)NC(=O)C(C)S3)c1C. The summed E-state index contributed by atoms with van der Waals surface area (Å²) < 4.78 is 10.4. The summed E-state index contributed by atoms with van der Waals surface area (Å²) in [6.45, 7) is 8.51. The molecule has 2 unspecified atom stereocenters. The fourth-order valence-corrected chi connectivity index (χ4v) is 4.26. The van der Waals surface area contributed by atoms with Crippen molar-refractivity contribution < 1.29 is 28.7 Å². The zero-order valence-electron chi connectivity index (χ0n) is 18.0. The standard InChI is InChI=1S/C22H24N2O6S/c1-6-29-22(28)17-10(2)18(23-11(17)3)19(25)12(4)30-21(27)14-7-8-16-15(9-14)24-20(26)13(5)31-16/h7-9,12-13,23H,6H2,1-5H3,(H,24,26). The molecule has 2 heterocycles. The van der Waals surface area contributed by atoms with Gasteiger partial charge in [-0.2, -0.15) is 0 Å². The number of esters is 2. The van der Waals surface area contributed by atoms with Crippen molar-refractivity contribution in [2.75, 3.05) is 11.9 Å². The minimum Gasteiger partial charge on any atom is -0.462 e. The molecule has 2 atom stereocenters. The van der Waals surface area contributed by atoms with E-state index in [1.807, 2.05) is 0 Å². The van der Waals surface area contributed by atoms with Crippen LogP contribution in [0.15, 0.2) is 23.1 Å².